The first-order chi connectivity index (χ1) is 17.6. The average molecular weight is 534 g/mol. The average Bonchev–Trinajstić information content (AvgIpc) is 3.17. The van der Waals surface area contributed by atoms with Crippen LogP contribution in [0.2, 0.25) is 0 Å². The second-order valence-electron chi connectivity index (χ2n) is 9.89. The number of carbonyl (C=O) groups is 1. The number of aromatic nitrogens is 2. The largest absolute Gasteiger partial charge is 0.380 e. The first-order valence-corrected chi connectivity index (χ1v) is 14.4. The molecule has 2 aromatic heterocycles. The number of carbonyl (C=O) groups excluding carboxylic acids is 1. The van der Waals surface area contributed by atoms with Gasteiger partial charge in [-0.05, 0) is 48.6 Å². The third-order valence-corrected chi connectivity index (χ3v) is 9.86. The minimum atomic E-state index is -0.259. The van der Waals surface area contributed by atoms with E-state index in [1.165, 1.54) is 27.9 Å². The number of aryl methyl sites for hydroxylation is 1. The molecule has 7 heteroatoms. The zero-order chi connectivity index (χ0) is 24.6. The van der Waals surface area contributed by atoms with Crippen LogP contribution in [0.25, 0.3) is 10.9 Å². The molecule has 192 valence electrons. The van der Waals surface area contributed by atoms with E-state index in [-0.39, 0.29) is 28.4 Å². The normalized spacial score (nSPS) is 15.9. The lowest BCUT2D eigenvalue weighted by molar-refractivity contribution is 0.108. The van der Waals surface area contributed by atoms with Crippen molar-refractivity contribution in [1.29, 1.82) is 0 Å². The lowest BCUT2D eigenvalue weighted by Gasteiger charge is -2.31. The van der Waals surface area contributed by atoms with Gasteiger partial charge in [0.15, 0.2) is 11.5 Å². The van der Waals surface area contributed by atoms with Crippen molar-refractivity contribution in [1.82, 2.24) is 14.9 Å². The number of rotatable bonds is 4. The topological polar surface area (TPSA) is 50.2 Å². The van der Waals surface area contributed by atoms with Crippen LogP contribution in [0.5, 0.6) is 0 Å². The monoisotopic (exact) mass is 533 g/mol. The van der Waals surface area contributed by atoms with Crippen LogP contribution in [0.4, 0.5) is 5.82 Å². The lowest BCUT2D eigenvalue weighted by Crippen LogP contribution is -2.40. The summed E-state index contributed by atoms with van der Waals surface area (Å²) in [4.78, 5) is 21.2. The molecule has 4 heterocycles. The van der Waals surface area contributed by atoms with E-state index in [4.69, 9.17) is 4.98 Å². The van der Waals surface area contributed by atoms with Gasteiger partial charge in [0.25, 0.3) is 0 Å². The summed E-state index contributed by atoms with van der Waals surface area (Å²) in [6.45, 7) is 8.73. The van der Waals surface area contributed by atoms with E-state index in [9.17, 15) is 4.79 Å². The molecule has 37 heavy (non-hydrogen) atoms. The van der Waals surface area contributed by atoms with E-state index in [0.717, 1.165) is 67.4 Å². The van der Waals surface area contributed by atoms with Gasteiger partial charge in [-0.2, -0.15) is 0 Å². The van der Waals surface area contributed by atoms with Crippen LogP contribution in [0.15, 0.2) is 60.7 Å². The molecule has 5 nitrogen and oxygen atoms in total. The van der Waals surface area contributed by atoms with Crippen LogP contribution >= 0.6 is 12.4 Å². The number of fused-ring (bicyclic) bond motifs is 2. The summed E-state index contributed by atoms with van der Waals surface area (Å²) in [7, 11) is -0.259. The summed E-state index contributed by atoms with van der Waals surface area (Å²) in [5.41, 5.74) is 8.31. The van der Waals surface area contributed by atoms with Gasteiger partial charge in [-0.25, -0.2) is 9.78 Å². The highest BCUT2D eigenvalue weighted by Crippen LogP contribution is 2.36. The van der Waals surface area contributed by atoms with Crippen molar-refractivity contribution in [3.8, 4) is 0 Å². The molecule has 1 saturated heterocycles. The fraction of sp³-hybridized carbons (Fsp3) is 0.333. The molecule has 0 radical (unpaired) electrons. The van der Waals surface area contributed by atoms with Gasteiger partial charge in [0.2, 0.25) is 0 Å². The number of nitrogens with zero attached hydrogens (tertiary/aromatic N) is 3. The zero-order valence-corrected chi connectivity index (χ0v) is 23.1. The molecule has 0 atom stereocenters. The summed E-state index contributed by atoms with van der Waals surface area (Å²) in [5.74, 6) is 2.78. The van der Waals surface area contributed by atoms with Crippen LogP contribution in [0, 0.1) is 13.8 Å². The zero-order valence-electron chi connectivity index (χ0n) is 21.5. The number of pyridine rings is 1. The Morgan fingerprint density at radius 1 is 1.00 bits per heavy atom. The number of anilines is 1. The van der Waals surface area contributed by atoms with E-state index in [1.54, 1.807) is 0 Å². The van der Waals surface area contributed by atoms with Gasteiger partial charge in [0.1, 0.15) is 11.5 Å². The number of nitrogens with one attached hydrogen (secondary N) is 1. The van der Waals surface area contributed by atoms with Gasteiger partial charge >= 0.3 is 5.12 Å². The Labute approximate surface area is 228 Å². The molecule has 0 bridgehead atoms. The maximum atomic E-state index is 13.7. The smallest absolute Gasteiger partial charge is 0.350 e. The minimum Gasteiger partial charge on any atom is -0.350 e. The standard InChI is InChI=1S/C30H33N4OS.ClH/c1-21-22(2)34(19-23-8-4-3-5-9-23)28-26(21)18-27(30(35)36-16-13-31-14-17-36)32-29(28)33-15-12-24-10-6-7-11-25(24)20-33;/h3-11,18,31H,12-17,19-20H2,1-2H3;1H/q+1;. The minimum absolute atomic E-state index is 0. The molecule has 6 rings (SSSR count). The Bertz CT molecular complexity index is 1430. The van der Waals surface area contributed by atoms with Crippen molar-refractivity contribution in [3.63, 3.8) is 0 Å². The van der Waals surface area contributed by atoms with E-state index >= 15 is 0 Å². The molecule has 2 aromatic carbocycles. The summed E-state index contributed by atoms with van der Waals surface area (Å²) in [6, 6.07) is 21.4. The number of hydrogen-bond acceptors (Lipinski definition) is 4. The van der Waals surface area contributed by atoms with Crippen molar-refractivity contribution in [3.05, 3.63) is 94.3 Å². The van der Waals surface area contributed by atoms with Crippen LogP contribution in [0.1, 0.15) is 38.4 Å². The number of halogens is 1. The van der Waals surface area contributed by atoms with Gasteiger partial charge in [-0.1, -0.05) is 54.6 Å². The highest BCUT2D eigenvalue weighted by Gasteiger charge is 2.35. The van der Waals surface area contributed by atoms with Crippen molar-refractivity contribution in [2.45, 2.75) is 33.4 Å². The molecule has 1 N–H and O–H groups in total. The fourth-order valence-electron chi connectivity index (χ4n) is 5.56. The molecule has 1 fully saturated rings. The Hall–Kier alpha value is -2.80. The molecular formula is C30H34ClN4OS+. The van der Waals surface area contributed by atoms with E-state index in [1.807, 2.05) is 0 Å². The first kappa shape index (κ1) is 25.8. The third-order valence-electron chi connectivity index (χ3n) is 7.73. The molecule has 0 unspecified atom stereocenters. The summed E-state index contributed by atoms with van der Waals surface area (Å²) in [5, 5.41) is 4.78. The lowest BCUT2D eigenvalue weighted by atomic mass is 10.00. The molecule has 0 amide bonds. The van der Waals surface area contributed by atoms with Crippen LogP contribution < -0.4 is 10.2 Å². The third kappa shape index (κ3) is 4.90. The Kier molecular flexibility index (Phi) is 7.61. The fourth-order valence-corrected chi connectivity index (χ4v) is 7.31. The summed E-state index contributed by atoms with van der Waals surface area (Å²) >= 11 is 0. The Morgan fingerprint density at radius 3 is 2.46 bits per heavy atom. The van der Waals surface area contributed by atoms with E-state index in [2.05, 4.69) is 89.3 Å². The maximum absolute atomic E-state index is 13.7. The summed E-state index contributed by atoms with van der Waals surface area (Å²) in [6.07, 6.45) is 0.991. The Balaban J connectivity index is 0.00000280. The number of hydrogen-bond donors (Lipinski definition) is 1. The second kappa shape index (κ2) is 10.9. The van der Waals surface area contributed by atoms with Crippen molar-refractivity contribution < 1.29 is 4.79 Å². The van der Waals surface area contributed by atoms with E-state index in [0.29, 0.717) is 5.69 Å². The van der Waals surface area contributed by atoms with Crippen molar-refractivity contribution >= 4 is 45.1 Å². The van der Waals surface area contributed by atoms with Gasteiger partial charge in [-0.15, -0.1) is 12.4 Å². The van der Waals surface area contributed by atoms with Gasteiger partial charge < -0.3 is 14.8 Å². The predicted octanol–water partition coefficient (Wildman–Crippen LogP) is 5.05. The molecule has 2 aliphatic rings. The molecule has 0 spiro atoms. The Morgan fingerprint density at radius 2 is 1.70 bits per heavy atom. The van der Waals surface area contributed by atoms with Crippen LogP contribution in [0.3, 0.4) is 0 Å². The summed E-state index contributed by atoms with van der Waals surface area (Å²) < 4.78 is 2.41. The van der Waals surface area contributed by atoms with E-state index < -0.39 is 0 Å². The second-order valence-corrected chi connectivity index (χ2v) is 12.1. The molecule has 0 saturated carbocycles. The maximum Gasteiger partial charge on any atom is 0.380 e. The predicted molar refractivity (Wildman–Crippen MR) is 157 cm³/mol. The first-order valence-electron chi connectivity index (χ1n) is 12.9. The highest BCUT2D eigenvalue weighted by atomic mass is 35.5. The van der Waals surface area contributed by atoms with Crippen molar-refractivity contribution in [2.24, 2.45) is 0 Å². The molecule has 0 aliphatic carbocycles. The van der Waals surface area contributed by atoms with Crippen molar-refractivity contribution in [2.75, 3.05) is 36.0 Å². The number of benzene rings is 2. The van der Waals surface area contributed by atoms with Gasteiger partial charge in [0, 0.05) is 43.8 Å². The van der Waals surface area contributed by atoms with Gasteiger partial charge in [-0.3, -0.25) is 0 Å². The molecule has 2 aliphatic heterocycles. The van der Waals surface area contributed by atoms with Crippen LogP contribution in [-0.2, 0) is 30.4 Å². The highest BCUT2D eigenvalue weighted by molar-refractivity contribution is 8.11. The van der Waals surface area contributed by atoms with Crippen LogP contribution in [-0.4, -0.2) is 45.8 Å². The van der Waals surface area contributed by atoms with Gasteiger partial charge in [0.05, 0.1) is 16.4 Å². The SMILES string of the molecule is Cc1c(C)n(Cc2ccccc2)c2c(N3CCc4ccccc4C3)nc(C(=O)[S+]3CCNCC3)cc12.Cl. The molecular weight excluding hydrogens is 500 g/mol. The quantitative estimate of drug-likeness (QED) is 0.373. The molecule has 4 aromatic rings.